The molecule has 0 bridgehead atoms. The smallest absolute Gasteiger partial charge is 0.160 e. The summed E-state index contributed by atoms with van der Waals surface area (Å²) in [6.07, 6.45) is 0. The third-order valence-electron chi connectivity index (χ3n) is 3.79. The van der Waals surface area contributed by atoms with Crippen LogP contribution in [-0.2, 0) is 11.3 Å². The maximum atomic E-state index is 13.6. The quantitative estimate of drug-likeness (QED) is 0.758. The zero-order valence-corrected chi connectivity index (χ0v) is 12.2. The number of hydrogen-bond acceptors (Lipinski definition) is 2. The van der Waals surface area contributed by atoms with Crippen molar-refractivity contribution in [2.45, 2.75) is 20.5 Å². The van der Waals surface area contributed by atoms with E-state index in [1.54, 1.807) is 6.07 Å². The minimum absolute atomic E-state index is 0.163. The van der Waals surface area contributed by atoms with Gasteiger partial charge in [-0.25, -0.2) is 8.78 Å². The minimum atomic E-state index is -0.436. The zero-order chi connectivity index (χ0) is 15.9. The van der Waals surface area contributed by atoms with Crippen molar-refractivity contribution in [1.29, 1.82) is 0 Å². The van der Waals surface area contributed by atoms with Crippen LogP contribution in [0.3, 0.4) is 0 Å². The Balaban J connectivity index is 2.21. The van der Waals surface area contributed by atoms with Crippen molar-refractivity contribution in [3.63, 3.8) is 0 Å². The molecule has 0 radical (unpaired) electrons. The fraction of sp³-hybridized carbons (Fsp3) is 0.167. The van der Waals surface area contributed by atoms with E-state index in [2.05, 4.69) is 0 Å². The normalized spacial score (nSPS) is 13.6. The number of benzene rings is 2. The molecule has 0 aliphatic carbocycles. The molecule has 4 heteroatoms. The number of halogens is 2. The van der Waals surface area contributed by atoms with Crippen LogP contribution in [0.2, 0.25) is 0 Å². The fourth-order valence-corrected chi connectivity index (χ4v) is 2.72. The molecule has 0 saturated carbocycles. The van der Waals surface area contributed by atoms with Crippen LogP contribution in [0.4, 0.5) is 8.78 Å². The van der Waals surface area contributed by atoms with Crippen molar-refractivity contribution in [2.75, 3.05) is 0 Å². The number of carbonyl (C=O) groups is 1. The van der Waals surface area contributed by atoms with Gasteiger partial charge in [0.2, 0.25) is 0 Å². The van der Waals surface area contributed by atoms with Gasteiger partial charge in [0, 0.05) is 11.1 Å². The van der Waals surface area contributed by atoms with E-state index in [4.69, 9.17) is 4.74 Å². The Morgan fingerprint density at radius 2 is 1.73 bits per heavy atom. The molecular formula is C18H14F2O2. The van der Waals surface area contributed by atoms with Crippen molar-refractivity contribution in [2.24, 2.45) is 0 Å². The summed E-state index contributed by atoms with van der Waals surface area (Å²) < 4.78 is 32.6. The molecule has 0 N–H and O–H groups in total. The van der Waals surface area contributed by atoms with Crippen molar-refractivity contribution >= 4 is 17.1 Å². The van der Waals surface area contributed by atoms with Gasteiger partial charge in [0.05, 0.1) is 0 Å². The molecule has 1 aliphatic heterocycles. The maximum Gasteiger partial charge on any atom is 0.160 e. The van der Waals surface area contributed by atoms with Crippen LogP contribution in [-0.4, -0.2) is 5.78 Å². The summed E-state index contributed by atoms with van der Waals surface area (Å²) in [6.45, 7) is 3.44. The van der Waals surface area contributed by atoms with E-state index in [-0.39, 0.29) is 18.2 Å². The average molecular weight is 300 g/mol. The molecule has 3 rings (SSSR count). The lowest BCUT2D eigenvalue weighted by atomic mass is 9.93. The lowest BCUT2D eigenvalue weighted by Crippen LogP contribution is -2.09. The second-order valence-corrected chi connectivity index (χ2v) is 5.29. The highest BCUT2D eigenvalue weighted by Crippen LogP contribution is 2.36. The molecule has 0 spiro atoms. The second-order valence-electron chi connectivity index (χ2n) is 5.29. The van der Waals surface area contributed by atoms with E-state index in [0.29, 0.717) is 16.9 Å². The summed E-state index contributed by atoms with van der Waals surface area (Å²) in [4.78, 5) is 11.8. The Labute approximate surface area is 127 Å². The second kappa shape index (κ2) is 5.37. The van der Waals surface area contributed by atoms with E-state index in [1.807, 2.05) is 6.92 Å². The highest BCUT2D eigenvalue weighted by Gasteiger charge is 2.22. The first-order chi connectivity index (χ1) is 10.5. The van der Waals surface area contributed by atoms with Gasteiger partial charge >= 0.3 is 0 Å². The molecule has 0 atom stereocenters. The highest BCUT2D eigenvalue weighted by atomic mass is 19.1. The Kier molecular flexibility index (Phi) is 3.53. The number of rotatable bonds is 2. The third kappa shape index (κ3) is 2.41. The topological polar surface area (TPSA) is 26.3 Å². The van der Waals surface area contributed by atoms with Crippen LogP contribution >= 0.6 is 0 Å². The van der Waals surface area contributed by atoms with Gasteiger partial charge < -0.3 is 4.74 Å². The maximum absolute atomic E-state index is 13.6. The van der Waals surface area contributed by atoms with Crippen LogP contribution < -0.4 is 0 Å². The van der Waals surface area contributed by atoms with Crippen LogP contribution in [0.25, 0.3) is 11.3 Å². The molecule has 1 aliphatic rings. The van der Waals surface area contributed by atoms with Crippen molar-refractivity contribution in [1.82, 2.24) is 0 Å². The van der Waals surface area contributed by atoms with E-state index in [1.165, 1.54) is 37.3 Å². The molecule has 1 heterocycles. The van der Waals surface area contributed by atoms with E-state index >= 15 is 0 Å². The number of carbonyl (C=O) groups excluding carboxylic acids is 1. The first-order valence-corrected chi connectivity index (χ1v) is 6.90. The zero-order valence-electron chi connectivity index (χ0n) is 12.2. The monoisotopic (exact) mass is 300 g/mol. The first kappa shape index (κ1) is 14.4. The van der Waals surface area contributed by atoms with Gasteiger partial charge in [0.1, 0.15) is 24.0 Å². The summed E-state index contributed by atoms with van der Waals surface area (Å²) in [6, 6.07) is 8.48. The Morgan fingerprint density at radius 1 is 1.05 bits per heavy atom. The molecule has 112 valence electrons. The number of ketones is 1. The van der Waals surface area contributed by atoms with Crippen LogP contribution in [0, 0.1) is 11.6 Å². The summed E-state index contributed by atoms with van der Waals surface area (Å²) >= 11 is 0. The average Bonchev–Trinajstić information content (AvgIpc) is 2.47. The molecule has 2 nitrogen and oxygen atoms in total. The van der Waals surface area contributed by atoms with E-state index in [9.17, 15) is 13.6 Å². The standard InChI is InChI=1S/C18H14F2O2/c1-10-15-5-3-13(19)7-12(15)9-22-18(10)17-8-14(20)4-6-16(17)11(2)21/h3-8H,9H2,1-2H3. The summed E-state index contributed by atoms with van der Waals surface area (Å²) in [5, 5.41) is 0. The third-order valence-corrected chi connectivity index (χ3v) is 3.79. The largest absolute Gasteiger partial charge is 0.488 e. The lowest BCUT2D eigenvalue weighted by Gasteiger charge is -2.23. The van der Waals surface area contributed by atoms with Gasteiger partial charge in [-0.3, -0.25) is 4.79 Å². The Bertz CT molecular complexity index is 807. The van der Waals surface area contributed by atoms with Gasteiger partial charge in [-0.15, -0.1) is 0 Å². The molecule has 0 unspecified atom stereocenters. The Hall–Kier alpha value is -2.49. The van der Waals surface area contributed by atoms with Gasteiger partial charge in [-0.05, 0) is 60.9 Å². The highest BCUT2D eigenvalue weighted by molar-refractivity contribution is 6.01. The van der Waals surface area contributed by atoms with Gasteiger partial charge in [-0.2, -0.15) is 0 Å². The van der Waals surface area contributed by atoms with E-state index in [0.717, 1.165) is 16.7 Å². The number of hydrogen-bond donors (Lipinski definition) is 0. The molecule has 22 heavy (non-hydrogen) atoms. The molecule has 0 fully saturated rings. The lowest BCUT2D eigenvalue weighted by molar-refractivity contribution is 0.101. The van der Waals surface area contributed by atoms with Crippen LogP contribution in [0.15, 0.2) is 36.4 Å². The van der Waals surface area contributed by atoms with Gasteiger partial charge in [-0.1, -0.05) is 6.07 Å². The number of Topliss-reactive ketones (excluding diaryl/α,β-unsaturated/α-hetero) is 1. The number of allylic oxidation sites excluding steroid dienone is 1. The summed E-state index contributed by atoms with van der Waals surface area (Å²) in [7, 11) is 0. The molecule has 0 amide bonds. The first-order valence-electron chi connectivity index (χ1n) is 6.90. The van der Waals surface area contributed by atoms with Crippen molar-refractivity contribution in [3.05, 3.63) is 70.3 Å². The minimum Gasteiger partial charge on any atom is -0.488 e. The fourth-order valence-electron chi connectivity index (χ4n) is 2.72. The van der Waals surface area contributed by atoms with Gasteiger partial charge in [0.15, 0.2) is 5.78 Å². The summed E-state index contributed by atoms with van der Waals surface area (Å²) in [5.41, 5.74) is 3.18. The molecular weight excluding hydrogens is 286 g/mol. The molecule has 2 aromatic carbocycles. The Morgan fingerprint density at radius 3 is 2.45 bits per heavy atom. The van der Waals surface area contributed by atoms with Crippen LogP contribution in [0.5, 0.6) is 0 Å². The number of fused-ring (bicyclic) bond motifs is 1. The molecule has 0 saturated heterocycles. The predicted octanol–water partition coefficient (Wildman–Crippen LogP) is 4.59. The van der Waals surface area contributed by atoms with Gasteiger partial charge in [0.25, 0.3) is 0 Å². The SMILES string of the molecule is CC(=O)c1ccc(F)cc1C1=C(C)c2ccc(F)cc2CO1. The van der Waals surface area contributed by atoms with E-state index < -0.39 is 5.82 Å². The van der Waals surface area contributed by atoms with Crippen molar-refractivity contribution in [3.8, 4) is 0 Å². The molecule has 0 aromatic heterocycles. The number of ether oxygens (including phenoxy) is 1. The predicted molar refractivity (Wildman–Crippen MR) is 80.1 cm³/mol. The van der Waals surface area contributed by atoms with Crippen LogP contribution in [0.1, 0.15) is 40.9 Å². The molecule has 2 aromatic rings. The van der Waals surface area contributed by atoms with Crippen molar-refractivity contribution < 1.29 is 18.3 Å². The summed E-state index contributed by atoms with van der Waals surface area (Å²) in [5.74, 6) is -0.463.